The fourth-order valence-corrected chi connectivity index (χ4v) is 4.50. The molecule has 0 radical (unpaired) electrons. The molecular formula is C30H49NO2. The molecule has 1 heterocycles. The number of aliphatic hydroxyl groups is 1. The van der Waals surface area contributed by atoms with Crippen LogP contribution in [0, 0.1) is 0 Å². The molecular weight excluding hydrogens is 406 g/mol. The first-order valence-electron chi connectivity index (χ1n) is 13.9. The van der Waals surface area contributed by atoms with Gasteiger partial charge in [-0.2, -0.15) is 0 Å². The quantitative estimate of drug-likeness (QED) is 0.151. The predicted molar refractivity (Wildman–Crippen MR) is 141 cm³/mol. The van der Waals surface area contributed by atoms with Crippen molar-refractivity contribution in [2.75, 3.05) is 0 Å². The molecule has 2 aromatic rings. The number of hydrogen-bond acceptors (Lipinski definition) is 3. The van der Waals surface area contributed by atoms with Crippen LogP contribution in [0.5, 0.6) is 0 Å². The fraction of sp³-hybridized carbons (Fsp3) is 0.700. The summed E-state index contributed by atoms with van der Waals surface area (Å²) in [6.07, 6.45) is 23.3. The largest absolute Gasteiger partial charge is 0.368 e. The first-order chi connectivity index (χ1) is 16.3. The molecule has 1 N–H and O–H groups in total. The topological polar surface area (TPSA) is 42.4 Å². The van der Waals surface area contributed by atoms with Crippen LogP contribution in [0.1, 0.15) is 128 Å². The molecule has 1 atom stereocenters. The molecule has 0 aliphatic heterocycles. The van der Waals surface area contributed by atoms with Crippen molar-refractivity contribution in [2.24, 2.45) is 0 Å². The van der Waals surface area contributed by atoms with Gasteiger partial charge in [-0.1, -0.05) is 134 Å². The fourth-order valence-electron chi connectivity index (χ4n) is 4.50. The summed E-state index contributed by atoms with van der Waals surface area (Å²) in [5.41, 5.74) is 1.84. The molecule has 0 spiro atoms. The zero-order valence-electron chi connectivity index (χ0n) is 21.3. The van der Waals surface area contributed by atoms with Crippen LogP contribution < -0.4 is 0 Å². The third kappa shape index (κ3) is 13.8. The van der Waals surface area contributed by atoms with Gasteiger partial charge < -0.3 is 9.84 Å². The van der Waals surface area contributed by atoms with E-state index in [-0.39, 0.29) is 0 Å². The van der Waals surface area contributed by atoms with E-state index in [9.17, 15) is 5.11 Å². The SMILES string of the molecule is CCCCCCCCCCCCCCCCCCCC(O)OCc1ccc2ccccc2n1. The van der Waals surface area contributed by atoms with Gasteiger partial charge in [0.1, 0.15) is 0 Å². The molecule has 0 bridgehead atoms. The standard InChI is InChI=1S/C30H49NO2/c1-2-3-4-5-6-7-8-9-10-11-12-13-14-15-16-17-18-23-30(32)33-26-28-25-24-27-21-19-20-22-29(27)31-28/h19-22,24-25,30,32H,2-18,23,26H2,1H3. The number of rotatable bonds is 21. The summed E-state index contributed by atoms with van der Waals surface area (Å²) < 4.78 is 5.60. The average Bonchev–Trinajstić information content (AvgIpc) is 2.84. The maximum Gasteiger partial charge on any atom is 0.155 e. The summed E-state index contributed by atoms with van der Waals surface area (Å²) >= 11 is 0. The lowest BCUT2D eigenvalue weighted by molar-refractivity contribution is -0.113. The third-order valence-electron chi connectivity index (χ3n) is 6.63. The van der Waals surface area contributed by atoms with Crippen molar-refractivity contribution >= 4 is 10.9 Å². The lowest BCUT2D eigenvalue weighted by Gasteiger charge is -2.12. The van der Waals surface area contributed by atoms with Crippen LogP contribution >= 0.6 is 0 Å². The molecule has 3 heteroatoms. The summed E-state index contributed by atoms with van der Waals surface area (Å²) in [6.45, 7) is 2.65. The molecule has 186 valence electrons. The molecule has 0 amide bonds. The Bertz CT molecular complexity index is 717. The predicted octanol–water partition coefficient (Wildman–Crippen LogP) is 9.11. The van der Waals surface area contributed by atoms with Crippen LogP contribution in [0.15, 0.2) is 36.4 Å². The van der Waals surface area contributed by atoms with Crippen molar-refractivity contribution in [1.29, 1.82) is 0 Å². The highest BCUT2D eigenvalue weighted by atomic mass is 16.6. The van der Waals surface area contributed by atoms with E-state index in [4.69, 9.17) is 4.74 Å². The zero-order chi connectivity index (χ0) is 23.4. The summed E-state index contributed by atoms with van der Waals surface area (Å²) in [4.78, 5) is 4.59. The number of fused-ring (bicyclic) bond motifs is 1. The molecule has 0 saturated heterocycles. The van der Waals surface area contributed by atoms with Crippen molar-refractivity contribution in [2.45, 2.75) is 135 Å². The number of aliphatic hydroxyl groups excluding tert-OH is 1. The maximum atomic E-state index is 10.1. The second-order valence-corrected chi connectivity index (χ2v) is 9.71. The van der Waals surface area contributed by atoms with Gasteiger partial charge in [0.05, 0.1) is 17.8 Å². The molecule has 1 unspecified atom stereocenters. The van der Waals surface area contributed by atoms with Crippen LogP contribution in [0.4, 0.5) is 0 Å². The van der Waals surface area contributed by atoms with Gasteiger partial charge in [0.2, 0.25) is 0 Å². The Kier molecular flexibility index (Phi) is 15.9. The maximum absolute atomic E-state index is 10.1. The second kappa shape index (κ2) is 18.9. The van der Waals surface area contributed by atoms with Crippen LogP contribution in [0.25, 0.3) is 10.9 Å². The second-order valence-electron chi connectivity index (χ2n) is 9.71. The Hall–Kier alpha value is -1.45. The number of ether oxygens (including phenoxy) is 1. The Morgan fingerprint density at radius 3 is 1.76 bits per heavy atom. The monoisotopic (exact) mass is 455 g/mol. The van der Waals surface area contributed by atoms with Gasteiger partial charge in [-0.25, -0.2) is 0 Å². The molecule has 1 aromatic carbocycles. The first kappa shape index (κ1) is 27.8. The smallest absolute Gasteiger partial charge is 0.155 e. The summed E-state index contributed by atoms with van der Waals surface area (Å²) in [5.74, 6) is 0. The normalized spacial score (nSPS) is 12.4. The summed E-state index contributed by atoms with van der Waals surface area (Å²) in [7, 11) is 0. The molecule has 33 heavy (non-hydrogen) atoms. The van der Waals surface area contributed by atoms with Gasteiger partial charge in [0, 0.05) is 5.39 Å². The first-order valence-corrected chi connectivity index (χ1v) is 13.9. The molecule has 0 aliphatic carbocycles. The van der Waals surface area contributed by atoms with E-state index >= 15 is 0 Å². The van der Waals surface area contributed by atoms with Crippen molar-refractivity contribution in [3.63, 3.8) is 0 Å². The van der Waals surface area contributed by atoms with Crippen LogP contribution in [-0.2, 0) is 11.3 Å². The Balaban J connectivity index is 1.33. The number of aromatic nitrogens is 1. The lowest BCUT2D eigenvalue weighted by atomic mass is 10.0. The van der Waals surface area contributed by atoms with E-state index < -0.39 is 6.29 Å². The van der Waals surface area contributed by atoms with E-state index in [2.05, 4.69) is 24.0 Å². The Morgan fingerprint density at radius 1 is 0.667 bits per heavy atom. The van der Waals surface area contributed by atoms with Gasteiger partial charge in [0.15, 0.2) is 6.29 Å². The Labute approximate surface area is 203 Å². The summed E-state index contributed by atoms with van der Waals surface area (Å²) in [5, 5.41) is 11.2. The van der Waals surface area contributed by atoms with Crippen LogP contribution in [-0.4, -0.2) is 16.4 Å². The van der Waals surface area contributed by atoms with Crippen molar-refractivity contribution in [1.82, 2.24) is 4.98 Å². The molecule has 2 rings (SSSR count). The van der Waals surface area contributed by atoms with Crippen molar-refractivity contribution in [3.05, 3.63) is 42.1 Å². The number of hydrogen-bond donors (Lipinski definition) is 1. The number of para-hydroxylation sites is 1. The third-order valence-corrected chi connectivity index (χ3v) is 6.63. The summed E-state index contributed by atoms with van der Waals surface area (Å²) in [6, 6.07) is 12.1. The average molecular weight is 456 g/mol. The van der Waals surface area contributed by atoms with E-state index in [1.54, 1.807) is 0 Å². The van der Waals surface area contributed by atoms with E-state index in [1.807, 2.05) is 24.3 Å². The minimum absolute atomic E-state index is 0.366. The zero-order valence-corrected chi connectivity index (χ0v) is 21.3. The minimum Gasteiger partial charge on any atom is -0.368 e. The number of pyridine rings is 1. The number of unbranched alkanes of at least 4 members (excludes halogenated alkanes) is 16. The highest BCUT2D eigenvalue weighted by Gasteiger charge is 2.06. The number of benzene rings is 1. The molecule has 1 aromatic heterocycles. The Morgan fingerprint density at radius 2 is 1.18 bits per heavy atom. The van der Waals surface area contributed by atoms with Gasteiger partial charge in [-0.15, -0.1) is 0 Å². The number of nitrogens with zero attached hydrogens (tertiary/aromatic N) is 1. The van der Waals surface area contributed by atoms with Gasteiger partial charge in [-0.3, -0.25) is 4.98 Å². The van der Waals surface area contributed by atoms with Crippen molar-refractivity contribution in [3.8, 4) is 0 Å². The highest BCUT2D eigenvalue weighted by Crippen LogP contribution is 2.16. The van der Waals surface area contributed by atoms with Crippen molar-refractivity contribution < 1.29 is 9.84 Å². The molecule has 0 aliphatic rings. The molecule has 0 saturated carbocycles. The van der Waals surface area contributed by atoms with E-state index in [1.165, 1.54) is 103 Å². The molecule has 3 nitrogen and oxygen atoms in total. The van der Waals surface area contributed by atoms with E-state index in [0.717, 1.165) is 23.0 Å². The van der Waals surface area contributed by atoms with Crippen LogP contribution in [0.3, 0.4) is 0 Å². The highest BCUT2D eigenvalue weighted by molar-refractivity contribution is 5.78. The molecule has 0 fully saturated rings. The van der Waals surface area contributed by atoms with E-state index in [0.29, 0.717) is 13.0 Å². The lowest BCUT2D eigenvalue weighted by Crippen LogP contribution is -2.12. The van der Waals surface area contributed by atoms with Gasteiger partial charge >= 0.3 is 0 Å². The van der Waals surface area contributed by atoms with Gasteiger partial charge in [0.25, 0.3) is 0 Å². The minimum atomic E-state index is -0.686. The van der Waals surface area contributed by atoms with Crippen LogP contribution in [0.2, 0.25) is 0 Å². The van der Waals surface area contributed by atoms with Gasteiger partial charge in [-0.05, 0) is 25.0 Å².